The molecule has 1 amide bonds. The largest absolute Gasteiger partial charge is 0.345 e. The normalized spacial score (nSPS) is 11.9. The van der Waals surface area contributed by atoms with Crippen LogP contribution in [-0.4, -0.2) is 10.9 Å². The molecule has 0 unspecified atom stereocenters. The Kier molecular flexibility index (Phi) is 4.40. The topological polar surface area (TPSA) is 42.0 Å². The lowest BCUT2D eigenvalue weighted by molar-refractivity contribution is 0.0940. The molecule has 3 nitrogen and oxygen atoms in total. The molecular weight excluding hydrogens is 283 g/mol. The number of carbonyl (C=O) groups excluding carboxylic acids is 1. The molecule has 0 radical (unpaired) electrons. The van der Waals surface area contributed by atoms with Crippen LogP contribution in [0.25, 0.3) is 0 Å². The molecule has 0 fully saturated rings. The third-order valence-corrected chi connectivity index (χ3v) is 3.29. The van der Waals surface area contributed by atoms with Gasteiger partial charge in [-0.25, -0.2) is 0 Å². The van der Waals surface area contributed by atoms with E-state index >= 15 is 0 Å². The molecule has 0 aliphatic carbocycles. The second kappa shape index (κ2) is 6.04. The summed E-state index contributed by atoms with van der Waals surface area (Å²) < 4.78 is 0. The molecule has 0 aliphatic heterocycles. The van der Waals surface area contributed by atoms with E-state index in [4.69, 9.17) is 23.2 Å². The van der Waals surface area contributed by atoms with Gasteiger partial charge in [-0.15, -0.1) is 0 Å². The molecule has 1 heterocycles. The van der Waals surface area contributed by atoms with Gasteiger partial charge < -0.3 is 5.32 Å². The summed E-state index contributed by atoms with van der Waals surface area (Å²) in [6, 6.07) is 8.38. The number of benzene rings is 1. The third kappa shape index (κ3) is 3.46. The Hall–Kier alpha value is -1.58. The quantitative estimate of drug-likeness (QED) is 0.933. The van der Waals surface area contributed by atoms with E-state index in [1.54, 1.807) is 30.6 Å². The molecule has 1 aromatic heterocycles. The highest BCUT2D eigenvalue weighted by molar-refractivity contribution is 6.35. The number of halogens is 2. The first-order chi connectivity index (χ1) is 9.08. The van der Waals surface area contributed by atoms with E-state index in [1.165, 1.54) is 0 Å². The number of nitrogens with one attached hydrogen (secondary N) is 1. The summed E-state index contributed by atoms with van der Waals surface area (Å²) in [4.78, 5) is 16.1. The predicted octanol–water partition coefficient (Wildman–Crippen LogP) is 3.88. The van der Waals surface area contributed by atoms with Gasteiger partial charge in [0.05, 0.1) is 16.6 Å². The van der Waals surface area contributed by atoms with Gasteiger partial charge in [0.25, 0.3) is 5.91 Å². The second-order valence-electron chi connectivity index (χ2n) is 4.10. The van der Waals surface area contributed by atoms with Gasteiger partial charge in [-0.2, -0.15) is 0 Å². The van der Waals surface area contributed by atoms with Crippen LogP contribution in [0.5, 0.6) is 0 Å². The summed E-state index contributed by atoms with van der Waals surface area (Å²) >= 11 is 11.9. The van der Waals surface area contributed by atoms with Crippen molar-refractivity contribution in [2.75, 3.05) is 0 Å². The molecule has 2 aromatic rings. The molecule has 0 saturated heterocycles. The van der Waals surface area contributed by atoms with Crippen LogP contribution in [-0.2, 0) is 0 Å². The van der Waals surface area contributed by atoms with Gasteiger partial charge in [0.1, 0.15) is 0 Å². The summed E-state index contributed by atoms with van der Waals surface area (Å²) in [5, 5.41) is 3.73. The summed E-state index contributed by atoms with van der Waals surface area (Å²) in [7, 11) is 0. The predicted molar refractivity (Wildman–Crippen MR) is 76.6 cm³/mol. The fourth-order valence-corrected chi connectivity index (χ4v) is 2.06. The molecule has 0 bridgehead atoms. The van der Waals surface area contributed by atoms with E-state index in [0.29, 0.717) is 15.6 Å². The zero-order valence-electron chi connectivity index (χ0n) is 10.2. The SMILES string of the molecule is C[C@@H](NC(=O)c1cc(Cl)ccc1Cl)c1ccncc1. The van der Waals surface area contributed by atoms with Crippen molar-refractivity contribution in [1.29, 1.82) is 0 Å². The lowest BCUT2D eigenvalue weighted by atomic mass is 10.1. The Balaban J connectivity index is 2.15. The smallest absolute Gasteiger partial charge is 0.253 e. The highest BCUT2D eigenvalue weighted by Crippen LogP contribution is 2.21. The Bertz CT molecular complexity index is 587. The van der Waals surface area contributed by atoms with E-state index in [0.717, 1.165) is 5.56 Å². The molecule has 1 aromatic carbocycles. The van der Waals surface area contributed by atoms with Crippen molar-refractivity contribution in [2.45, 2.75) is 13.0 Å². The Morgan fingerprint density at radius 3 is 2.58 bits per heavy atom. The van der Waals surface area contributed by atoms with Crippen molar-refractivity contribution < 1.29 is 4.79 Å². The molecule has 0 saturated carbocycles. The standard InChI is InChI=1S/C14H12Cl2N2O/c1-9(10-4-6-17-7-5-10)18-14(19)12-8-11(15)2-3-13(12)16/h2-9H,1H3,(H,18,19)/t9-/m1/s1. The van der Waals surface area contributed by atoms with Crippen molar-refractivity contribution in [2.24, 2.45) is 0 Å². The average Bonchev–Trinajstić information content (AvgIpc) is 2.42. The van der Waals surface area contributed by atoms with Crippen molar-refractivity contribution in [1.82, 2.24) is 10.3 Å². The zero-order chi connectivity index (χ0) is 13.8. The minimum atomic E-state index is -0.253. The van der Waals surface area contributed by atoms with Crippen LogP contribution in [0, 0.1) is 0 Å². The summed E-state index contributed by atoms with van der Waals surface area (Å²) in [5.41, 5.74) is 1.34. The summed E-state index contributed by atoms with van der Waals surface area (Å²) in [6.45, 7) is 1.89. The molecule has 0 spiro atoms. The number of hydrogen-bond acceptors (Lipinski definition) is 2. The summed E-state index contributed by atoms with van der Waals surface area (Å²) in [6.07, 6.45) is 3.37. The Morgan fingerprint density at radius 2 is 1.89 bits per heavy atom. The summed E-state index contributed by atoms with van der Waals surface area (Å²) in [5.74, 6) is -0.253. The molecule has 5 heteroatoms. The van der Waals surface area contributed by atoms with Gasteiger partial charge >= 0.3 is 0 Å². The molecule has 98 valence electrons. The van der Waals surface area contributed by atoms with Crippen molar-refractivity contribution in [3.8, 4) is 0 Å². The van der Waals surface area contributed by atoms with Crippen LogP contribution >= 0.6 is 23.2 Å². The number of aromatic nitrogens is 1. The monoisotopic (exact) mass is 294 g/mol. The highest BCUT2D eigenvalue weighted by Gasteiger charge is 2.14. The maximum absolute atomic E-state index is 12.1. The van der Waals surface area contributed by atoms with Crippen molar-refractivity contribution in [3.63, 3.8) is 0 Å². The van der Waals surface area contributed by atoms with Crippen LogP contribution in [0.15, 0.2) is 42.7 Å². The lowest BCUT2D eigenvalue weighted by Gasteiger charge is -2.14. The number of pyridine rings is 1. The molecule has 19 heavy (non-hydrogen) atoms. The van der Waals surface area contributed by atoms with E-state index in [2.05, 4.69) is 10.3 Å². The fourth-order valence-electron chi connectivity index (χ4n) is 1.68. The number of nitrogens with zero attached hydrogens (tertiary/aromatic N) is 1. The zero-order valence-corrected chi connectivity index (χ0v) is 11.7. The second-order valence-corrected chi connectivity index (χ2v) is 4.94. The lowest BCUT2D eigenvalue weighted by Crippen LogP contribution is -2.26. The number of amides is 1. The first kappa shape index (κ1) is 13.8. The van der Waals surface area contributed by atoms with E-state index in [9.17, 15) is 4.79 Å². The van der Waals surface area contributed by atoms with Gasteiger partial charge in [-0.1, -0.05) is 23.2 Å². The Morgan fingerprint density at radius 1 is 1.21 bits per heavy atom. The molecule has 2 rings (SSSR count). The molecular formula is C14H12Cl2N2O. The number of rotatable bonds is 3. The van der Waals surface area contributed by atoms with E-state index < -0.39 is 0 Å². The van der Waals surface area contributed by atoms with Crippen LogP contribution in [0.1, 0.15) is 28.9 Å². The van der Waals surface area contributed by atoms with E-state index in [-0.39, 0.29) is 11.9 Å². The molecule has 0 aliphatic rings. The first-order valence-electron chi connectivity index (χ1n) is 5.74. The van der Waals surface area contributed by atoms with Gasteiger partial charge in [-0.3, -0.25) is 9.78 Å². The fraction of sp³-hybridized carbons (Fsp3) is 0.143. The maximum Gasteiger partial charge on any atom is 0.253 e. The van der Waals surface area contributed by atoms with Crippen LogP contribution in [0.2, 0.25) is 10.0 Å². The average molecular weight is 295 g/mol. The first-order valence-corrected chi connectivity index (χ1v) is 6.49. The maximum atomic E-state index is 12.1. The van der Waals surface area contributed by atoms with E-state index in [1.807, 2.05) is 19.1 Å². The van der Waals surface area contributed by atoms with Crippen LogP contribution < -0.4 is 5.32 Å². The van der Waals surface area contributed by atoms with Gasteiger partial charge in [0.2, 0.25) is 0 Å². The number of carbonyl (C=O) groups is 1. The minimum absolute atomic E-state index is 0.134. The van der Waals surface area contributed by atoms with Crippen molar-refractivity contribution in [3.05, 3.63) is 63.9 Å². The van der Waals surface area contributed by atoms with Crippen LogP contribution in [0.3, 0.4) is 0 Å². The molecule has 1 N–H and O–H groups in total. The van der Waals surface area contributed by atoms with Gasteiger partial charge in [0, 0.05) is 17.4 Å². The third-order valence-electron chi connectivity index (χ3n) is 2.73. The molecule has 1 atom stereocenters. The number of hydrogen-bond donors (Lipinski definition) is 1. The highest BCUT2D eigenvalue weighted by atomic mass is 35.5. The van der Waals surface area contributed by atoms with Gasteiger partial charge in [-0.05, 0) is 42.8 Å². The minimum Gasteiger partial charge on any atom is -0.345 e. The Labute approximate surface area is 121 Å². The van der Waals surface area contributed by atoms with Crippen LogP contribution in [0.4, 0.5) is 0 Å². The van der Waals surface area contributed by atoms with Gasteiger partial charge in [0.15, 0.2) is 0 Å². The van der Waals surface area contributed by atoms with Crippen molar-refractivity contribution >= 4 is 29.1 Å².